The lowest BCUT2D eigenvalue weighted by Gasteiger charge is -2.18. The summed E-state index contributed by atoms with van der Waals surface area (Å²) in [5, 5.41) is 0. The van der Waals surface area contributed by atoms with E-state index in [2.05, 4.69) is 99.8 Å². The minimum absolute atomic E-state index is 0.109. The highest BCUT2D eigenvalue weighted by molar-refractivity contribution is 5.71. The first kappa shape index (κ1) is 61.6. The fourth-order valence-electron chi connectivity index (χ4n) is 7.35. The number of allylic oxidation sites excluding steroid dienone is 14. The molecule has 0 spiro atoms. The van der Waals surface area contributed by atoms with Crippen LogP contribution in [0.2, 0.25) is 0 Å². The molecule has 0 fully saturated rings. The van der Waals surface area contributed by atoms with Crippen LogP contribution in [0.5, 0.6) is 0 Å². The molecule has 6 nitrogen and oxygen atoms in total. The summed E-state index contributed by atoms with van der Waals surface area (Å²) in [5.41, 5.74) is 0. The molecule has 0 radical (unpaired) electrons. The van der Waals surface area contributed by atoms with Gasteiger partial charge in [0, 0.05) is 19.3 Å². The fraction of sp³-hybridized carbons (Fsp3) is 0.712. The van der Waals surface area contributed by atoms with E-state index in [0.717, 1.165) is 89.9 Å². The summed E-state index contributed by atoms with van der Waals surface area (Å²) in [6.45, 7) is 6.44. The van der Waals surface area contributed by atoms with Crippen molar-refractivity contribution in [2.75, 3.05) is 13.2 Å². The van der Waals surface area contributed by atoms with Crippen LogP contribution in [0.3, 0.4) is 0 Å². The molecule has 0 heterocycles. The van der Waals surface area contributed by atoms with Gasteiger partial charge < -0.3 is 14.2 Å². The van der Waals surface area contributed by atoms with Gasteiger partial charge >= 0.3 is 17.9 Å². The molecule has 0 bridgehead atoms. The lowest BCUT2D eigenvalue weighted by Crippen LogP contribution is -2.30. The van der Waals surface area contributed by atoms with Crippen molar-refractivity contribution in [3.05, 3.63) is 85.1 Å². The maximum atomic E-state index is 12.8. The summed E-state index contributed by atoms with van der Waals surface area (Å²) < 4.78 is 16.7. The topological polar surface area (TPSA) is 78.9 Å². The van der Waals surface area contributed by atoms with Gasteiger partial charge in [0.2, 0.25) is 0 Å². The van der Waals surface area contributed by atoms with E-state index in [4.69, 9.17) is 14.2 Å². The molecule has 0 aromatic heterocycles. The van der Waals surface area contributed by atoms with Crippen molar-refractivity contribution in [1.29, 1.82) is 0 Å². The third-order valence-corrected chi connectivity index (χ3v) is 11.4. The van der Waals surface area contributed by atoms with Crippen molar-refractivity contribution in [3.8, 4) is 0 Å². The number of ether oxygens (including phenoxy) is 3. The van der Waals surface area contributed by atoms with Crippen molar-refractivity contribution in [1.82, 2.24) is 0 Å². The van der Waals surface area contributed by atoms with Gasteiger partial charge in [0.1, 0.15) is 13.2 Å². The summed E-state index contributed by atoms with van der Waals surface area (Å²) in [6, 6.07) is 0. The predicted molar refractivity (Wildman–Crippen MR) is 279 cm³/mol. The van der Waals surface area contributed by atoms with Crippen molar-refractivity contribution in [2.24, 2.45) is 0 Å². The molecule has 0 N–H and O–H groups in total. The Morgan fingerprint density at radius 3 is 1.05 bits per heavy atom. The van der Waals surface area contributed by atoms with Crippen molar-refractivity contribution in [2.45, 2.75) is 258 Å². The molecular weight excluding hydrogens is 805 g/mol. The molecular formula is C59H100O6. The molecule has 1 atom stereocenters. The normalized spacial score (nSPS) is 12.7. The minimum Gasteiger partial charge on any atom is -0.462 e. The number of carbonyl (C=O) groups excluding carboxylic acids is 3. The third kappa shape index (κ3) is 51.4. The molecule has 0 saturated heterocycles. The fourth-order valence-corrected chi connectivity index (χ4v) is 7.35. The van der Waals surface area contributed by atoms with Crippen LogP contribution in [0.25, 0.3) is 0 Å². The summed E-state index contributed by atoms with van der Waals surface area (Å²) in [4.78, 5) is 38.0. The average Bonchev–Trinajstić information content (AvgIpc) is 3.30. The smallest absolute Gasteiger partial charge is 0.306 e. The van der Waals surface area contributed by atoms with Gasteiger partial charge in [-0.3, -0.25) is 14.4 Å². The van der Waals surface area contributed by atoms with Gasteiger partial charge in [-0.05, 0) is 83.5 Å². The first-order chi connectivity index (χ1) is 32.0. The second-order valence-electron chi connectivity index (χ2n) is 17.8. The summed E-state index contributed by atoms with van der Waals surface area (Å²) in [7, 11) is 0. The molecule has 0 aromatic rings. The molecule has 0 aliphatic heterocycles. The first-order valence-electron chi connectivity index (χ1n) is 27.1. The van der Waals surface area contributed by atoms with Crippen molar-refractivity contribution < 1.29 is 28.6 Å². The molecule has 0 aromatic carbocycles. The lowest BCUT2D eigenvalue weighted by molar-refractivity contribution is -0.166. The Hall–Kier alpha value is -3.41. The van der Waals surface area contributed by atoms with E-state index in [0.29, 0.717) is 19.3 Å². The number of rotatable bonds is 48. The maximum Gasteiger partial charge on any atom is 0.306 e. The zero-order valence-corrected chi connectivity index (χ0v) is 42.5. The number of hydrogen-bond acceptors (Lipinski definition) is 6. The molecule has 372 valence electrons. The van der Waals surface area contributed by atoms with Crippen LogP contribution in [0.4, 0.5) is 0 Å². The highest BCUT2D eigenvalue weighted by atomic mass is 16.6. The number of carbonyl (C=O) groups is 3. The summed E-state index contributed by atoms with van der Waals surface area (Å²) in [6.07, 6.45) is 68.7. The molecule has 6 heteroatoms. The molecule has 0 aliphatic carbocycles. The molecule has 65 heavy (non-hydrogen) atoms. The van der Waals surface area contributed by atoms with Gasteiger partial charge in [-0.25, -0.2) is 0 Å². The van der Waals surface area contributed by atoms with Crippen LogP contribution in [-0.4, -0.2) is 37.2 Å². The van der Waals surface area contributed by atoms with Crippen molar-refractivity contribution >= 4 is 17.9 Å². The van der Waals surface area contributed by atoms with Crippen LogP contribution in [0.15, 0.2) is 85.1 Å². The van der Waals surface area contributed by atoms with Crippen molar-refractivity contribution in [3.63, 3.8) is 0 Å². The molecule has 0 rings (SSSR count). The van der Waals surface area contributed by atoms with E-state index >= 15 is 0 Å². The Morgan fingerprint density at radius 1 is 0.323 bits per heavy atom. The minimum atomic E-state index is -0.811. The number of hydrogen-bond donors (Lipinski definition) is 0. The third-order valence-electron chi connectivity index (χ3n) is 11.4. The van der Waals surface area contributed by atoms with Crippen LogP contribution in [0.1, 0.15) is 252 Å². The lowest BCUT2D eigenvalue weighted by atomic mass is 10.0. The Kier molecular flexibility index (Phi) is 50.4. The molecule has 1 unspecified atom stereocenters. The van der Waals surface area contributed by atoms with Crippen LogP contribution >= 0.6 is 0 Å². The summed E-state index contributed by atoms with van der Waals surface area (Å²) >= 11 is 0. The zero-order chi connectivity index (χ0) is 47.2. The van der Waals surface area contributed by atoms with E-state index in [9.17, 15) is 14.4 Å². The SMILES string of the molecule is CC/C=C\C/C=C\C/C=C\C/C=C\C/C=C\CCCCCC(=O)OCC(COC(=O)CC/C=C\C/C=C\CCCCCCCC)OC(=O)CCCCCCCCCCCCCCCCC. The molecule has 0 saturated carbocycles. The number of unbranched alkanes of at least 4 members (excludes halogenated alkanes) is 23. The van der Waals surface area contributed by atoms with Gasteiger partial charge in [-0.2, -0.15) is 0 Å². The monoisotopic (exact) mass is 905 g/mol. The number of esters is 3. The van der Waals surface area contributed by atoms with Crippen LogP contribution < -0.4 is 0 Å². The highest BCUT2D eigenvalue weighted by Crippen LogP contribution is 2.15. The van der Waals surface area contributed by atoms with E-state index < -0.39 is 6.10 Å². The molecule has 0 aliphatic rings. The quantitative estimate of drug-likeness (QED) is 0.0262. The van der Waals surface area contributed by atoms with E-state index in [1.165, 1.54) is 116 Å². The molecule has 0 amide bonds. The second kappa shape index (κ2) is 53.2. The van der Waals surface area contributed by atoms with Gasteiger partial charge in [0.05, 0.1) is 0 Å². The standard InChI is InChI=1S/C59H100O6/c1-4-7-10-13-16-19-22-25-27-28-29-30-32-34-37-40-43-46-49-52-58(61)64-55-56(54-63-57(60)51-48-45-42-39-36-33-24-21-18-15-12-9-6-3)65-59(62)53-50-47-44-41-38-35-31-26-23-20-17-14-11-8-5-2/h7,10,16,19,25,27,29-30,33-34,36-37,42,45,56H,4-6,8-9,11-15,17-18,20-24,26,28,31-32,35,38-41,43-44,46-55H2,1-3H3/b10-7-,19-16-,27-25-,30-29-,36-33-,37-34-,45-42-. The van der Waals surface area contributed by atoms with Gasteiger partial charge in [0.15, 0.2) is 6.10 Å². The largest absolute Gasteiger partial charge is 0.462 e. The Labute approximate surface area is 401 Å². The van der Waals surface area contributed by atoms with Gasteiger partial charge in [0.25, 0.3) is 0 Å². The maximum absolute atomic E-state index is 12.8. The van der Waals surface area contributed by atoms with Crippen LogP contribution in [-0.2, 0) is 28.6 Å². The van der Waals surface area contributed by atoms with E-state index in [-0.39, 0.29) is 37.5 Å². The Balaban J connectivity index is 4.48. The second-order valence-corrected chi connectivity index (χ2v) is 17.8. The highest BCUT2D eigenvalue weighted by Gasteiger charge is 2.19. The van der Waals surface area contributed by atoms with E-state index in [1.807, 2.05) is 6.08 Å². The zero-order valence-electron chi connectivity index (χ0n) is 42.5. The van der Waals surface area contributed by atoms with Gasteiger partial charge in [-0.1, -0.05) is 234 Å². The predicted octanol–water partition coefficient (Wildman–Crippen LogP) is 18.0. The average molecular weight is 905 g/mol. The Bertz CT molecular complexity index is 1270. The summed E-state index contributed by atoms with van der Waals surface area (Å²) in [5.74, 6) is -1.00. The van der Waals surface area contributed by atoms with Gasteiger partial charge in [-0.15, -0.1) is 0 Å². The van der Waals surface area contributed by atoms with E-state index in [1.54, 1.807) is 0 Å². The van der Waals surface area contributed by atoms with Crippen LogP contribution in [0, 0.1) is 0 Å². The Morgan fingerprint density at radius 2 is 0.631 bits per heavy atom. The first-order valence-corrected chi connectivity index (χ1v) is 27.1.